The molecule has 0 atom stereocenters. The van der Waals surface area contributed by atoms with Crippen LogP contribution in [-0.2, 0) is 9.59 Å². The standard InChI is InChI=1S/C10H8NO3/c12-9(6-7-10(13)14)11-8-4-2-1-3-5-8/h1-2,4-7H,(H,11,12)(H,13,14)/b7-6-. The molecule has 0 fully saturated rings. The Morgan fingerprint density at radius 3 is 2.79 bits per heavy atom. The second-order valence-corrected chi connectivity index (χ2v) is 2.45. The van der Waals surface area contributed by atoms with Gasteiger partial charge in [0.15, 0.2) is 0 Å². The highest BCUT2D eigenvalue weighted by atomic mass is 16.4. The molecule has 0 saturated heterocycles. The van der Waals surface area contributed by atoms with Crippen LogP contribution in [0.1, 0.15) is 0 Å². The molecule has 14 heavy (non-hydrogen) atoms. The van der Waals surface area contributed by atoms with Crippen molar-refractivity contribution in [3.05, 3.63) is 42.5 Å². The lowest BCUT2D eigenvalue weighted by atomic mass is 10.3. The normalized spacial score (nSPS) is 10.0. The zero-order chi connectivity index (χ0) is 10.4. The van der Waals surface area contributed by atoms with Crippen LogP contribution >= 0.6 is 0 Å². The Hall–Kier alpha value is -2.10. The molecule has 0 aliphatic carbocycles. The fraction of sp³-hybridized carbons (Fsp3) is 0. The molecule has 4 heteroatoms. The van der Waals surface area contributed by atoms with Crippen molar-refractivity contribution in [2.24, 2.45) is 0 Å². The number of carbonyl (C=O) groups excluding carboxylic acids is 1. The van der Waals surface area contributed by atoms with Crippen molar-refractivity contribution in [2.45, 2.75) is 0 Å². The Labute approximate surface area is 80.9 Å². The van der Waals surface area contributed by atoms with Crippen LogP contribution < -0.4 is 5.32 Å². The molecule has 4 nitrogen and oxygen atoms in total. The van der Waals surface area contributed by atoms with Gasteiger partial charge in [-0.2, -0.15) is 0 Å². The van der Waals surface area contributed by atoms with E-state index in [0.29, 0.717) is 5.69 Å². The Morgan fingerprint density at radius 1 is 1.43 bits per heavy atom. The zero-order valence-corrected chi connectivity index (χ0v) is 7.23. The Bertz CT molecular complexity index is 357. The van der Waals surface area contributed by atoms with Crippen molar-refractivity contribution < 1.29 is 14.7 Å². The molecule has 1 amide bonds. The van der Waals surface area contributed by atoms with Crippen molar-refractivity contribution in [1.82, 2.24) is 0 Å². The molecule has 0 saturated carbocycles. The molecule has 1 rings (SSSR count). The second-order valence-electron chi connectivity index (χ2n) is 2.45. The summed E-state index contributed by atoms with van der Waals surface area (Å²) in [5.74, 6) is -1.63. The van der Waals surface area contributed by atoms with Crippen molar-refractivity contribution >= 4 is 17.6 Å². The monoisotopic (exact) mass is 190 g/mol. The molecule has 71 valence electrons. The number of anilines is 1. The largest absolute Gasteiger partial charge is 0.478 e. The van der Waals surface area contributed by atoms with Crippen LogP contribution in [0.4, 0.5) is 5.69 Å². The van der Waals surface area contributed by atoms with Crippen LogP contribution in [0.25, 0.3) is 0 Å². The van der Waals surface area contributed by atoms with Crippen molar-refractivity contribution in [3.8, 4) is 0 Å². The molecule has 0 bridgehead atoms. The number of nitrogens with one attached hydrogen (secondary N) is 1. The highest BCUT2D eigenvalue weighted by Gasteiger charge is 1.96. The van der Waals surface area contributed by atoms with Gasteiger partial charge in [0, 0.05) is 17.8 Å². The van der Waals surface area contributed by atoms with E-state index in [2.05, 4.69) is 11.4 Å². The first-order chi connectivity index (χ1) is 6.68. The minimum atomic E-state index is -1.15. The number of carboxylic acid groups (broad SMARTS) is 1. The van der Waals surface area contributed by atoms with Gasteiger partial charge in [-0.05, 0) is 18.2 Å². The lowest BCUT2D eigenvalue weighted by molar-refractivity contribution is -0.131. The number of benzene rings is 1. The van der Waals surface area contributed by atoms with Gasteiger partial charge in [-0.3, -0.25) is 4.79 Å². The van der Waals surface area contributed by atoms with Crippen LogP contribution in [0, 0.1) is 6.07 Å². The highest BCUT2D eigenvalue weighted by Crippen LogP contribution is 2.03. The summed E-state index contributed by atoms with van der Waals surface area (Å²) in [6, 6.07) is 9.47. The number of rotatable bonds is 3. The minimum absolute atomic E-state index is 0.480. The third-order valence-electron chi connectivity index (χ3n) is 1.35. The first-order valence-electron chi connectivity index (χ1n) is 3.86. The highest BCUT2D eigenvalue weighted by molar-refractivity contribution is 6.02. The van der Waals surface area contributed by atoms with E-state index in [-0.39, 0.29) is 0 Å². The second kappa shape index (κ2) is 4.81. The summed E-state index contributed by atoms with van der Waals surface area (Å²) in [6.07, 6.45) is 1.73. The van der Waals surface area contributed by atoms with Crippen LogP contribution in [0.3, 0.4) is 0 Å². The predicted molar refractivity (Wildman–Crippen MR) is 50.7 cm³/mol. The number of carbonyl (C=O) groups is 2. The number of aliphatic carboxylic acids is 1. The Morgan fingerprint density at radius 2 is 2.21 bits per heavy atom. The maximum absolute atomic E-state index is 11.0. The van der Waals surface area contributed by atoms with E-state index >= 15 is 0 Å². The molecule has 0 aliphatic heterocycles. The predicted octanol–water partition coefficient (Wildman–Crippen LogP) is 1.07. The molecule has 1 radical (unpaired) electrons. The van der Waals surface area contributed by atoms with Gasteiger partial charge in [0.2, 0.25) is 5.91 Å². The Balaban J connectivity index is 2.54. The van der Waals surface area contributed by atoms with E-state index in [1.807, 2.05) is 0 Å². The third kappa shape index (κ3) is 3.53. The van der Waals surface area contributed by atoms with Crippen LogP contribution in [0.2, 0.25) is 0 Å². The number of amides is 1. The minimum Gasteiger partial charge on any atom is -0.478 e. The topological polar surface area (TPSA) is 66.4 Å². The molecule has 0 aliphatic rings. The van der Waals surface area contributed by atoms with Crippen molar-refractivity contribution in [1.29, 1.82) is 0 Å². The molecule has 0 aromatic heterocycles. The van der Waals surface area contributed by atoms with Gasteiger partial charge in [-0.1, -0.05) is 12.1 Å². The molecule has 0 spiro atoms. The van der Waals surface area contributed by atoms with Crippen LogP contribution in [0.5, 0.6) is 0 Å². The summed E-state index contributed by atoms with van der Waals surface area (Å²) >= 11 is 0. The van der Waals surface area contributed by atoms with Gasteiger partial charge < -0.3 is 10.4 Å². The molecular formula is C10H8NO3. The van der Waals surface area contributed by atoms with Gasteiger partial charge in [0.05, 0.1) is 0 Å². The Kier molecular flexibility index (Phi) is 3.43. The molecule has 0 heterocycles. The fourth-order valence-corrected chi connectivity index (χ4v) is 0.802. The third-order valence-corrected chi connectivity index (χ3v) is 1.35. The summed E-state index contributed by atoms with van der Waals surface area (Å²) in [7, 11) is 0. The molecule has 0 unspecified atom stereocenters. The lowest BCUT2D eigenvalue weighted by Gasteiger charge is -1.99. The van der Waals surface area contributed by atoms with Gasteiger partial charge in [0.1, 0.15) is 0 Å². The molecule has 1 aromatic carbocycles. The smallest absolute Gasteiger partial charge is 0.328 e. The number of carboxylic acids is 1. The summed E-state index contributed by atoms with van der Waals surface area (Å²) < 4.78 is 0. The van der Waals surface area contributed by atoms with E-state index in [1.165, 1.54) is 0 Å². The average molecular weight is 190 g/mol. The summed E-state index contributed by atoms with van der Waals surface area (Å²) in [4.78, 5) is 21.1. The maximum Gasteiger partial charge on any atom is 0.328 e. The number of hydrogen-bond donors (Lipinski definition) is 2. The number of hydrogen-bond acceptors (Lipinski definition) is 2. The van der Waals surface area contributed by atoms with E-state index in [0.717, 1.165) is 12.2 Å². The van der Waals surface area contributed by atoms with Crippen LogP contribution in [-0.4, -0.2) is 17.0 Å². The van der Waals surface area contributed by atoms with Crippen LogP contribution in [0.15, 0.2) is 36.4 Å². The SMILES string of the molecule is O=C(O)/C=C\C(=O)Nc1c[c]ccc1. The van der Waals surface area contributed by atoms with Gasteiger partial charge in [-0.15, -0.1) is 0 Å². The molecular weight excluding hydrogens is 182 g/mol. The van der Waals surface area contributed by atoms with E-state index in [1.54, 1.807) is 24.3 Å². The van der Waals surface area contributed by atoms with E-state index in [4.69, 9.17) is 5.11 Å². The van der Waals surface area contributed by atoms with E-state index in [9.17, 15) is 9.59 Å². The first kappa shape index (κ1) is 9.98. The van der Waals surface area contributed by atoms with Crippen molar-refractivity contribution in [2.75, 3.05) is 5.32 Å². The van der Waals surface area contributed by atoms with Crippen molar-refractivity contribution in [3.63, 3.8) is 0 Å². The van der Waals surface area contributed by atoms with Gasteiger partial charge in [0.25, 0.3) is 0 Å². The zero-order valence-electron chi connectivity index (χ0n) is 7.23. The quantitative estimate of drug-likeness (QED) is 0.700. The average Bonchev–Trinajstić information content (AvgIpc) is 2.16. The van der Waals surface area contributed by atoms with Gasteiger partial charge >= 0.3 is 5.97 Å². The molecule has 2 N–H and O–H groups in total. The maximum atomic E-state index is 11.0. The summed E-state index contributed by atoms with van der Waals surface area (Å²) in [6.45, 7) is 0. The van der Waals surface area contributed by atoms with E-state index < -0.39 is 11.9 Å². The summed E-state index contributed by atoms with van der Waals surface area (Å²) in [5, 5.41) is 10.7. The van der Waals surface area contributed by atoms with Gasteiger partial charge in [-0.25, -0.2) is 4.79 Å². The molecule has 1 aromatic rings. The fourth-order valence-electron chi connectivity index (χ4n) is 0.802. The summed E-state index contributed by atoms with van der Waals surface area (Å²) in [5.41, 5.74) is 0.576. The lowest BCUT2D eigenvalue weighted by Crippen LogP contribution is -2.08. The first-order valence-corrected chi connectivity index (χ1v) is 3.86.